The maximum absolute atomic E-state index is 12.5. The molecule has 0 aromatic heterocycles. The first-order chi connectivity index (χ1) is 11.0. The number of ether oxygens (including phenoxy) is 4. The molecule has 0 aliphatic heterocycles. The molecule has 6 heteroatoms. The average molecular weight is 326 g/mol. The van der Waals surface area contributed by atoms with Crippen LogP contribution in [0.1, 0.15) is 40.5 Å². The van der Waals surface area contributed by atoms with Crippen LogP contribution in [0.5, 0.6) is 0 Å². The summed E-state index contributed by atoms with van der Waals surface area (Å²) in [5, 5.41) is 0. The number of allylic oxidation sites excluding steroid dienone is 1. The third kappa shape index (κ3) is 4.12. The molecule has 0 heterocycles. The first kappa shape index (κ1) is 17.9. The van der Waals surface area contributed by atoms with Crippen molar-refractivity contribution in [2.75, 3.05) is 13.2 Å². The monoisotopic (exact) mass is 326 g/mol. The van der Waals surface area contributed by atoms with Crippen LogP contribution in [0.3, 0.4) is 0 Å². The van der Waals surface area contributed by atoms with E-state index in [1.54, 1.807) is 13.8 Å². The molecule has 0 saturated heterocycles. The van der Waals surface area contributed by atoms with Crippen LogP contribution in [0.2, 0.25) is 0 Å². The Kier molecular flexibility index (Phi) is 6.18. The Morgan fingerprint density at radius 3 is 2.22 bits per heavy atom. The molecule has 0 spiro atoms. The van der Waals surface area contributed by atoms with Crippen molar-refractivity contribution in [3.8, 4) is 0 Å². The minimum atomic E-state index is -0.619. The molecule has 0 aromatic rings. The topological polar surface area (TPSA) is 71.1 Å². The summed E-state index contributed by atoms with van der Waals surface area (Å²) >= 11 is 0. The van der Waals surface area contributed by atoms with Crippen molar-refractivity contribution in [3.63, 3.8) is 0 Å². The zero-order valence-electron chi connectivity index (χ0n) is 14.2. The van der Waals surface area contributed by atoms with Gasteiger partial charge in [-0.3, -0.25) is 9.59 Å². The van der Waals surface area contributed by atoms with Gasteiger partial charge in [0, 0.05) is 13.2 Å². The summed E-state index contributed by atoms with van der Waals surface area (Å²) in [5.74, 6) is -1.72. The highest BCUT2D eigenvalue weighted by molar-refractivity contribution is 5.86. The molecule has 2 aliphatic carbocycles. The number of rotatable bonds is 8. The highest BCUT2D eigenvalue weighted by Crippen LogP contribution is 2.49. The molecule has 1 saturated carbocycles. The number of hydrogen-bond donors (Lipinski definition) is 0. The van der Waals surface area contributed by atoms with Gasteiger partial charge >= 0.3 is 11.9 Å². The quantitative estimate of drug-likeness (QED) is 0.387. The molecule has 130 valence electrons. The van der Waals surface area contributed by atoms with E-state index >= 15 is 0 Å². The maximum Gasteiger partial charge on any atom is 0.316 e. The fourth-order valence-electron chi connectivity index (χ4n) is 3.45. The zero-order chi connectivity index (χ0) is 17.0. The third-order valence-corrected chi connectivity index (χ3v) is 4.34. The molecule has 6 nitrogen and oxygen atoms in total. The van der Waals surface area contributed by atoms with Crippen LogP contribution in [-0.4, -0.2) is 37.7 Å². The summed E-state index contributed by atoms with van der Waals surface area (Å²) in [6.45, 7) is 7.94. The SMILES string of the molecule is CCOC(C)OC(=O)C1C2=CCC(C2)C1C(=O)OC(C)OCC. The lowest BCUT2D eigenvalue weighted by Crippen LogP contribution is -2.37. The third-order valence-electron chi connectivity index (χ3n) is 4.34. The first-order valence-electron chi connectivity index (χ1n) is 8.31. The van der Waals surface area contributed by atoms with Crippen LogP contribution in [0.4, 0.5) is 0 Å². The van der Waals surface area contributed by atoms with Gasteiger partial charge in [-0.2, -0.15) is 0 Å². The van der Waals surface area contributed by atoms with Crippen LogP contribution in [0.15, 0.2) is 11.6 Å². The van der Waals surface area contributed by atoms with Gasteiger partial charge in [-0.1, -0.05) is 11.6 Å². The van der Waals surface area contributed by atoms with Crippen molar-refractivity contribution in [1.82, 2.24) is 0 Å². The van der Waals surface area contributed by atoms with Crippen molar-refractivity contribution >= 4 is 11.9 Å². The molecule has 2 aliphatic rings. The lowest BCUT2D eigenvalue weighted by Gasteiger charge is -2.26. The van der Waals surface area contributed by atoms with E-state index in [0.29, 0.717) is 13.2 Å². The summed E-state index contributed by atoms with van der Waals surface area (Å²) in [4.78, 5) is 24.9. The lowest BCUT2D eigenvalue weighted by atomic mass is 9.83. The second kappa shape index (κ2) is 7.93. The Morgan fingerprint density at radius 1 is 1.09 bits per heavy atom. The molecule has 2 bridgehead atoms. The number of fused-ring (bicyclic) bond motifs is 2. The van der Waals surface area contributed by atoms with Crippen molar-refractivity contribution in [2.45, 2.75) is 53.1 Å². The van der Waals surface area contributed by atoms with Crippen LogP contribution in [-0.2, 0) is 28.5 Å². The van der Waals surface area contributed by atoms with E-state index in [1.165, 1.54) is 0 Å². The van der Waals surface area contributed by atoms with E-state index in [2.05, 4.69) is 0 Å². The molecular weight excluding hydrogens is 300 g/mol. The first-order valence-corrected chi connectivity index (χ1v) is 8.31. The second-order valence-corrected chi connectivity index (χ2v) is 5.90. The summed E-state index contributed by atoms with van der Waals surface area (Å²) in [5.41, 5.74) is 0.981. The Morgan fingerprint density at radius 2 is 1.65 bits per heavy atom. The standard InChI is InChI=1S/C17H26O6/c1-5-20-10(3)22-16(18)14-12-7-8-13(9-12)15(14)17(19)23-11(4)21-6-2/h7,10-11,13-15H,5-6,8-9H2,1-4H3. The van der Waals surface area contributed by atoms with E-state index in [1.807, 2.05) is 19.9 Å². The number of carbonyl (C=O) groups is 2. The fraction of sp³-hybridized carbons (Fsp3) is 0.765. The van der Waals surface area contributed by atoms with E-state index in [9.17, 15) is 9.59 Å². The predicted molar refractivity (Wildman–Crippen MR) is 82.1 cm³/mol. The minimum absolute atomic E-state index is 0.117. The highest BCUT2D eigenvalue weighted by atomic mass is 16.7. The Balaban J connectivity index is 2.04. The zero-order valence-corrected chi connectivity index (χ0v) is 14.2. The minimum Gasteiger partial charge on any atom is -0.436 e. The Labute approximate surface area is 137 Å². The van der Waals surface area contributed by atoms with E-state index in [-0.39, 0.29) is 11.9 Å². The Hall–Kier alpha value is -1.40. The number of esters is 2. The largest absolute Gasteiger partial charge is 0.436 e. The van der Waals surface area contributed by atoms with Gasteiger partial charge in [-0.05, 0) is 46.5 Å². The molecule has 0 radical (unpaired) electrons. The number of carbonyl (C=O) groups excluding carboxylic acids is 2. The van der Waals surface area contributed by atoms with Gasteiger partial charge in [0.15, 0.2) is 12.6 Å². The number of hydrogen-bond acceptors (Lipinski definition) is 6. The van der Waals surface area contributed by atoms with E-state index in [0.717, 1.165) is 18.4 Å². The lowest BCUT2D eigenvalue weighted by molar-refractivity contribution is -0.190. The van der Waals surface area contributed by atoms with Gasteiger partial charge in [0.1, 0.15) is 0 Å². The molecule has 23 heavy (non-hydrogen) atoms. The summed E-state index contributed by atoms with van der Waals surface area (Å²) in [6.07, 6.45) is 2.37. The molecule has 5 unspecified atom stereocenters. The normalized spacial score (nSPS) is 28.2. The molecular formula is C17H26O6. The van der Waals surface area contributed by atoms with Gasteiger partial charge in [0.05, 0.1) is 11.8 Å². The smallest absolute Gasteiger partial charge is 0.316 e. The Bertz CT molecular complexity index is 472. The van der Waals surface area contributed by atoms with Crippen molar-refractivity contribution in [1.29, 1.82) is 0 Å². The summed E-state index contributed by atoms with van der Waals surface area (Å²) in [6, 6.07) is 0. The molecule has 5 atom stereocenters. The molecule has 0 amide bonds. The molecule has 2 rings (SSSR count). The van der Waals surface area contributed by atoms with E-state index < -0.39 is 30.4 Å². The summed E-state index contributed by atoms with van der Waals surface area (Å²) in [7, 11) is 0. The maximum atomic E-state index is 12.5. The van der Waals surface area contributed by atoms with Crippen molar-refractivity contribution in [3.05, 3.63) is 11.6 Å². The van der Waals surface area contributed by atoms with Crippen LogP contribution in [0.25, 0.3) is 0 Å². The highest BCUT2D eigenvalue weighted by Gasteiger charge is 2.52. The van der Waals surface area contributed by atoms with Gasteiger partial charge < -0.3 is 18.9 Å². The van der Waals surface area contributed by atoms with Gasteiger partial charge in [-0.25, -0.2) is 0 Å². The van der Waals surface area contributed by atoms with Gasteiger partial charge in [-0.15, -0.1) is 0 Å². The molecule has 0 aromatic carbocycles. The van der Waals surface area contributed by atoms with Gasteiger partial charge in [0.2, 0.25) is 0 Å². The van der Waals surface area contributed by atoms with Crippen LogP contribution >= 0.6 is 0 Å². The van der Waals surface area contributed by atoms with Crippen molar-refractivity contribution in [2.24, 2.45) is 17.8 Å². The summed E-state index contributed by atoms with van der Waals surface area (Å²) < 4.78 is 21.1. The van der Waals surface area contributed by atoms with Crippen molar-refractivity contribution < 1.29 is 28.5 Å². The fourth-order valence-corrected chi connectivity index (χ4v) is 3.45. The van der Waals surface area contributed by atoms with E-state index in [4.69, 9.17) is 18.9 Å². The molecule has 1 fully saturated rings. The molecule has 0 N–H and O–H groups in total. The second-order valence-electron chi connectivity index (χ2n) is 5.90. The van der Waals surface area contributed by atoms with Crippen LogP contribution in [0, 0.1) is 17.8 Å². The van der Waals surface area contributed by atoms with Crippen LogP contribution < -0.4 is 0 Å². The predicted octanol–water partition coefficient (Wildman–Crippen LogP) is 2.42. The average Bonchev–Trinajstić information content (AvgIpc) is 3.07. The van der Waals surface area contributed by atoms with Gasteiger partial charge in [0.25, 0.3) is 0 Å².